The number of nitrogen functional groups attached to an aromatic ring is 1. The summed E-state index contributed by atoms with van der Waals surface area (Å²) in [5, 5.41) is 27.9. The fourth-order valence-corrected chi connectivity index (χ4v) is 6.17. The molecule has 1 unspecified atom stereocenters. The van der Waals surface area contributed by atoms with E-state index in [-0.39, 0.29) is 34.5 Å². The van der Waals surface area contributed by atoms with Gasteiger partial charge < -0.3 is 30.8 Å². The minimum atomic E-state index is -1.50. The van der Waals surface area contributed by atoms with Crippen molar-refractivity contribution >= 4 is 75.0 Å². The van der Waals surface area contributed by atoms with Crippen LogP contribution in [-0.2, 0) is 33.5 Å². The maximum Gasteiger partial charge on any atom is 0.353 e. The molecule has 1 saturated heterocycles. The van der Waals surface area contributed by atoms with Gasteiger partial charge in [-0.1, -0.05) is 11.2 Å². The Balaban J connectivity index is 1.55. The second kappa shape index (κ2) is 11.2. The molecule has 200 valence electrons. The first kappa shape index (κ1) is 27.1. The van der Waals surface area contributed by atoms with Gasteiger partial charge in [-0.2, -0.15) is 0 Å². The smallest absolute Gasteiger partial charge is 0.353 e. The zero-order valence-corrected chi connectivity index (χ0v) is 21.8. The fourth-order valence-electron chi connectivity index (χ4n) is 3.56. The van der Waals surface area contributed by atoms with Crippen molar-refractivity contribution in [1.29, 1.82) is 0 Å². The Bertz CT molecular complexity index is 1350. The first-order valence-corrected chi connectivity index (χ1v) is 13.4. The van der Waals surface area contributed by atoms with Crippen molar-refractivity contribution in [2.75, 3.05) is 18.1 Å². The molecule has 0 aliphatic carbocycles. The van der Waals surface area contributed by atoms with Gasteiger partial charge in [0.05, 0.1) is 4.88 Å². The fraction of sp³-hybridized carbons (Fsp3) is 0.286. The predicted molar refractivity (Wildman–Crippen MR) is 135 cm³/mol. The lowest BCUT2D eigenvalue weighted by atomic mass is 10.0. The number of anilines is 1. The summed E-state index contributed by atoms with van der Waals surface area (Å²) in [5.74, 6) is -4.78. The summed E-state index contributed by atoms with van der Waals surface area (Å²) in [5.41, 5.74) is 5.19. The number of amides is 2. The largest absolute Gasteiger partial charge is 0.478 e. The number of nitrogens with one attached hydrogen (secondary N) is 1. The van der Waals surface area contributed by atoms with Crippen molar-refractivity contribution in [3.05, 3.63) is 44.7 Å². The normalized spacial score (nSPS) is 19.8. The number of carbonyl (C=O) groups excluding carboxylic acids is 3. The predicted octanol–water partition coefficient (Wildman–Crippen LogP) is 0.635. The summed E-state index contributed by atoms with van der Waals surface area (Å²) < 4.78 is 4.90. The number of carboxylic acids is 2. The topological polar surface area (TPSA) is 211 Å². The molecule has 4 rings (SSSR count). The third-order valence-corrected chi connectivity index (χ3v) is 8.17. The highest BCUT2D eigenvalue weighted by atomic mass is 32.2. The first-order valence-electron chi connectivity index (χ1n) is 10.6. The van der Waals surface area contributed by atoms with Crippen LogP contribution in [-0.4, -0.2) is 79.3 Å². The quantitative estimate of drug-likeness (QED) is 0.132. The molecule has 5 N–H and O–H groups in total. The number of hydrogen-bond acceptors (Lipinski definition) is 13. The highest BCUT2D eigenvalue weighted by molar-refractivity contribution is 8.00. The number of hydrogen-bond donors (Lipinski definition) is 4. The summed E-state index contributed by atoms with van der Waals surface area (Å²) in [6, 6.07) is 2.04. The number of ether oxygens (including phenoxy) is 1. The number of nitrogens with zero attached hydrogens (tertiary/aromatic N) is 3. The maximum absolute atomic E-state index is 13.2. The van der Waals surface area contributed by atoms with E-state index in [1.165, 1.54) is 30.1 Å². The van der Waals surface area contributed by atoms with Gasteiger partial charge in [-0.05, 0) is 11.4 Å². The molecule has 1 fully saturated rings. The van der Waals surface area contributed by atoms with Crippen LogP contribution in [0.2, 0.25) is 0 Å². The van der Waals surface area contributed by atoms with Crippen LogP contribution < -0.4 is 11.1 Å². The number of esters is 1. The molecule has 0 bridgehead atoms. The molecule has 2 aliphatic heterocycles. The van der Waals surface area contributed by atoms with E-state index in [4.69, 9.17) is 15.3 Å². The van der Waals surface area contributed by atoms with Crippen molar-refractivity contribution < 1.29 is 43.8 Å². The molecule has 3 atom stereocenters. The lowest BCUT2D eigenvalue weighted by molar-refractivity contribution is -0.151. The number of β-lactam (4-membered cyclic amide) rings is 1. The molecule has 2 amide bonds. The molecular formula is C21H19N5O9S3. The van der Waals surface area contributed by atoms with Crippen molar-refractivity contribution in [1.82, 2.24) is 15.2 Å². The Kier molecular flexibility index (Phi) is 7.98. The standard InChI is InChI=1S/C21H19N5O9S3/c1-8(27)34-5-9-6-37-18-13(17(29)26(18)14(9)19(30)31)24-16(28)12(10-7-38-21(22)23-10)25-35-15(20(32)33)11-3-2-4-36-11/h2-4,7,13,15,18H,5-6H2,1H3,(H2,22,23)(H,24,28)(H,30,31)(H,32,33)/b25-12-/t13-,15?,18+/m0/s1. The summed E-state index contributed by atoms with van der Waals surface area (Å²) >= 11 is 3.30. The van der Waals surface area contributed by atoms with Crippen LogP contribution in [0, 0.1) is 0 Å². The molecule has 14 nitrogen and oxygen atoms in total. The van der Waals surface area contributed by atoms with Gasteiger partial charge in [0.15, 0.2) is 10.8 Å². The van der Waals surface area contributed by atoms with Crippen LogP contribution in [0.15, 0.2) is 39.3 Å². The monoisotopic (exact) mass is 581 g/mol. The lowest BCUT2D eigenvalue weighted by Gasteiger charge is -2.49. The van der Waals surface area contributed by atoms with E-state index in [0.29, 0.717) is 4.88 Å². The van der Waals surface area contributed by atoms with E-state index >= 15 is 0 Å². The first-order chi connectivity index (χ1) is 18.1. The average molecular weight is 582 g/mol. The third-order valence-electron chi connectivity index (χ3n) is 5.24. The highest BCUT2D eigenvalue weighted by Crippen LogP contribution is 2.40. The molecule has 2 aromatic rings. The Labute approximate surface area is 226 Å². The number of oxime groups is 1. The molecule has 0 saturated carbocycles. The Morgan fingerprint density at radius 2 is 2.08 bits per heavy atom. The zero-order valence-electron chi connectivity index (χ0n) is 19.4. The van der Waals surface area contributed by atoms with E-state index in [1.54, 1.807) is 11.4 Å². The maximum atomic E-state index is 13.2. The van der Waals surface area contributed by atoms with Gasteiger partial charge in [0, 0.05) is 23.6 Å². The molecule has 4 heterocycles. The molecule has 2 aliphatic rings. The second-order valence-corrected chi connectivity index (χ2v) is 10.7. The number of aliphatic carboxylic acids is 2. The SMILES string of the molecule is CC(=O)OCC1=C(C(=O)O)N2C(=O)[C@H](NC(=O)/C(=N\OC(C(=O)O)c3cccs3)c3csc(N)n3)[C@H]2SC1. The Hall–Kier alpha value is -3.96. The second-order valence-electron chi connectivity index (χ2n) is 7.75. The van der Waals surface area contributed by atoms with Gasteiger partial charge in [-0.25, -0.2) is 14.6 Å². The molecule has 2 aromatic heterocycles. The van der Waals surface area contributed by atoms with Crippen molar-refractivity contribution in [3.8, 4) is 0 Å². The van der Waals surface area contributed by atoms with E-state index in [0.717, 1.165) is 27.6 Å². The van der Waals surface area contributed by atoms with Gasteiger partial charge in [0.1, 0.15) is 29.4 Å². The summed E-state index contributed by atoms with van der Waals surface area (Å²) in [7, 11) is 0. The number of carbonyl (C=O) groups is 5. The number of fused-ring (bicyclic) bond motifs is 1. The van der Waals surface area contributed by atoms with Gasteiger partial charge in [0.25, 0.3) is 17.9 Å². The van der Waals surface area contributed by atoms with Crippen LogP contribution in [0.4, 0.5) is 5.13 Å². The third kappa shape index (κ3) is 5.48. The Morgan fingerprint density at radius 1 is 1.32 bits per heavy atom. The van der Waals surface area contributed by atoms with Crippen molar-refractivity contribution in [2.45, 2.75) is 24.4 Å². The van der Waals surface area contributed by atoms with Crippen LogP contribution in [0.25, 0.3) is 0 Å². The van der Waals surface area contributed by atoms with E-state index < -0.39 is 53.0 Å². The van der Waals surface area contributed by atoms with E-state index in [9.17, 15) is 34.2 Å². The van der Waals surface area contributed by atoms with Crippen LogP contribution in [0.5, 0.6) is 0 Å². The highest BCUT2D eigenvalue weighted by Gasteiger charge is 2.54. The molecule has 0 radical (unpaired) electrons. The van der Waals surface area contributed by atoms with E-state index in [2.05, 4.69) is 15.5 Å². The molecule has 17 heteroatoms. The summed E-state index contributed by atoms with van der Waals surface area (Å²) in [6.07, 6.45) is -1.50. The molecular weight excluding hydrogens is 562 g/mol. The number of carboxylic acid groups (broad SMARTS) is 2. The Morgan fingerprint density at radius 3 is 2.66 bits per heavy atom. The minimum absolute atomic E-state index is 0.00460. The number of nitrogens with two attached hydrogens (primary N) is 1. The van der Waals surface area contributed by atoms with Crippen LogP contribution >= 0.6 is 34.4 Å². The summed E-state index contributed by atoms with van der Waals surface area (Å²) in [6.45, 7) is 0.893. The van der Waals surface area contributed by atoms with Gasteiger partial charge in [0.2, 0.25) is 0 Å². The van der Waals surface area contributed by atoms with Crippen molar-refractivity contribution in [2.24, 2.45) is 5.16 Å². The number of aromatic nitrogens is 1. The molecule has 0 aromatic carbocycles. The number of thiazole rings is 1. The lowest BCUT2D eigenvalue weighted by Crippen LogP contribution is -2.71. The van der Waals surface area contributed by atoms with Crippen LogP contribution in [0.1, 0.15) is 23.6 Å². The van der Waals surface area contributed by atoms with Crippen molar-refractivity contribution in [3.63, 3.8) is 0 Å². The van der Waals surface area contributed by atoms with Gasteiger partial charge in [-0.3, -0.25) is 19.3 Å². The average Bonchev–Trinajstić information content (AvgIpc) is 3.54. The zero-order chi connectivity index (χ0) is 27.6. The van der Waals surface area contributed by atoms with Gasteiger partial charge in [-0.15, -0.1) is 34.4 Å². The molecule has 38 heavy (non-hydrogen) atoms. The number of rotatable bonds is 10. The number of thiophene rings is 1. The summed E-state index contributed by atoms with van der Waals surface area (Å²) in [4.78, 5) is 71.4. The van der Waals surface area contributed by atoms with Crippen LogP contribution in [0.3, 0.4) is 0 Å². The van der Waals surface area contributed by atoms with Gasteiger partial charge >= 0.3 is 17.9 Å². The molecule has 0 spiro atoms. The minimum Gasteiger partial charge on any atom is -0.478 e. The number of thioether (sulfide) groups is 1. The van der Waals surface area contributed by atoms with E-state index in [1.807, 2.05) is 0 Å².